The van der Waals surface area contributed by atoms with Crippen LogP contribution in [0.15, 0.2) is 54.6 Å². The minimum absolute atomic E-state index is 0.0979. The Balaban J connectivity index is 1.49. The Labute approximate surface area is 174 Å². The predicted molar refractivity (Wildman–Crippen MR) is 108 cm³/mol. The highest BCUT2D eigenvalue weighted by atomic mass is 19.4. The molecule has 4 nitrogen and oxygen atoms in total. The molecule has 0 N–H and O–H groups in total. The van der Waals surface area contributed by atoms with Gasteiger partial charge in [0, 0.05) is 45.1 Å². The molecule has 0 bridgehead atoms. The van der Waals surface area contributed by atoms with E-state index in [0.717, 1.165) is 11.6 Å². The molecule has 0 saturated carbocycles. The van der Waals surface area contributed by atoms with Gasteiger partial charge in [0.25, 0.3) is 0 Å². The normalized spacial score (nSPS) is 19.6. The van der Waals surface area contributed by atoms with Crippen LogP contribution in [0.1, 0.15) is 24.0 Å². The number of anilines is 1. The van der Waals surface area contributed by atoms with Crippen LogP contribution in [0.4, 0.5) is 18.9 Å². The minimum atomic E-state index is -4.36. The topological polar surface area (TPSA) is 32.8 Å². The van der Waals surface area contributed by atoms with Crippen molar-refractivity contribution in [3.8, 4) is 0 Å². The van der Waals surface area contributed by atoms with Gasteiger partial charge in [-0.2, -0.15) is 13.2 Å². The third kappa shape index (κ3) is 4.03. The van der Waals surface area contributed by atoms with E-state index in [4.69, 9.17) is 4.74 Å². The third-order valence-corrected chi connectivity index (χ3v) is 6.19. The van der Waals surface area contributed by atoms with Gasteiger partial charge < -0.3 is 14.5 Å². The molecule has 1 amide bonds. The van der Waals surface area contributed by atoms with Crippen LogP contribution in [0.25, 0.3) is 0 Å². The molecule has 0 aromatic heterocycles. The van der Waals surface area contributed by atoms with Gasteiger partial charge in [-0.1, -0.05) is 36.4 Å². The molecular weight excluding hydrogens is 393 g/mol. The van der Waals surface area contributed by atoms with Crippen molar-refractivity contribution in [2.75, 3.05) is 44.3 Å². The summed E-state index contributed by atoms with van der Waals surface area (Å²) in [5, 5.41) is 0. The predicted octanol–water partition coefficient (Wildman–Crippen LogP) is 4.10. The van der Waals surface area contributed by atoms with Crippen LogP contribution >= 0.6 is 0 Å². The molecule has 4 rings (SSSR count). The van der Waals surface area contributed by atoms with E-state index in [2.05, 4.69) is 0 Å². The average Bonchev–Trinajstić information content (AvgIpc) is 2.79. The van der Waals surface area contributed by atoms with Gasteiger partial charge in [-0.05, 0) is 36.6 Å². The van der Waals surface area contributed by atoms with Crippen LogP contribution in [0.2, 0.25) is 0 Å². The molecular formula is C23H25F3N2O2. The minimum Gasteiger partial charge on any atom is -0.381 e. The summed E-state index contributed by atoms with van der Waals surface area (Å²) in [6.07, 6.45) is -3.08. The zero-order valence-corrected chi connectivity index (χ0v) is 16.7. The van der Waals surface area contributed by atoms with Gasteiger partial charge in [0.15, 0.2) is 0 Å². The van der Waals surface area contributed by atoms with E-state index in [1.165, 1.54) is 12.1 Å². The van der Waals surface area contributed by atoms with Gasteiger partial charge in [-0.25, -0.2) is 0 Å². The highest BCUT2D eigenvalue weighted by Gasteiger charge is 2.44. The maximum Gasteiger partial charge on any atom is 0.416 e. The summed E-state index contributed by atoms with van der Waals surface area (Å²) >= 11 is 0. The summed E-state index contributed by atoms with van der Waals surface area (Å²) in [6.45, 7) is 3.09. The fourth-order valence-corrected chi connectivity index (χ4v) is 4.45. The number of nitrogens with zero attached hydrogens (tertiary/aromatic N) is 2. The van der Waals surface area contributed by atoms with Gasteiger partial charge >= 0.3 is 6.18 Å². The molecule has 2 aliphatic heterocycles. The van der Waals surface area contributed by atoms with Crippen LogP contribution in [-0.4, -0.2) is 50.2 Å². The largest absolute Gasteiger partial charge is 0.416 e. The van der Waals surface area contributed by atoms with Gasteiger partial charge in [-0.15, -0.1) is 0 Å². The van der Waals surface area contributed by atoms with E-state index in [0.29, 0.717) is 57.9 Å². The summed E-state index contributed by atoms with van der Waals surface area (Å²) < 4.78 is 44.6. The monoisotopic (exact) mass is 418 g/mol. The zero-order chi connectivity index (χ0) is 21.2. The smallest absolute Gasteiger partial charge is 0.381 e. The Morgan fingerprint density at radius 1 is 0.900 bits per heavy atom. The number of rotatable bonds is 3. The second-order valence-electron chi connectivity index (χ2n) is 7.89. The first-order valence-corrected chi connectivity index (χ1v) is 10.2. The van der Waals surface area contributed by atoms with Crippen LogP contribution in [0.3, 0.4) is 0 Å². The van der Waals surface area contributed by atoms with Crippen molar-refractivity contribution < 1.29 is 22.7 Å². The summed E-state index contributed by atoms with van der Waals surface area (Å²) in [4.78, 5) is 17.4. The quantitative estimate of drug-likeness (QED) is 0.752. The van der Waals surface area contributed by atoms with Crippen LogP contribution in [0.5, 0.6) is 0 Å². The number of hydrogen-bond donors (Lipinski definition) is 0. The number of ether oxygens (including phenoxy) is 1. The second-order valence-corrected chi connectivity index (χ2v) is 7.89. The van der Waals surface area contributed by atoms with E-state index in [-0.39, 0.29) is 5.91 Å². The molecule has 2 saturated heterocycles. The molecule has 0 atom stereocenters. The first kappa shape index (κ1) is 20.7. The lowest BCUT2D eigenvalue weighted by atomic mass is 9.73. The summed E-state index contributed by atoms with van der Waals surface area (Å²) in [5.74, 6) is 0.0979. The lowest BCUT2D eigenvalue weighted by Gasteiger charge is -2.43. The number of amides is 1. The standard InChI is InChI=1S/C23H25F3N2O2/c24-23(25,26)19-7-4-8-20(17-19)27-11-13-28(14-12-27)21(29)22(9-15-30-16-10-22)18-5-2-1-3-6-18/h1-8,17H,9-16H2. The number of piperazine rings is 1. The number of hydrogen-bond acceptors (Lipinski definition) is 3. The van der Waals surface area contributed by atoms with Gasteiger partial charge in [0.05, 0.1) is 11.0 Å². The first-order chi connectivity index (χ1) is 14.4. The molecule has 2 aromatic carbocycles. The maximum atomic E-state index is 13.6. The Kier molecular flexibility index (Phi) is 5.73. The SMILES string of the molecule is O=C(N1CCN(c2cccc(C(F)(F)F)c2)CC1)C1(c2ccccc2)CCOCC1. The van der Waals surface area contributed by atoms with Crippen molar-refractivity contribution in [3.05, 3.63) is 65.7 Å². The van der Waals surface area contributed by atoms with E-state index in [1.807, 2.05) is 40.1 Å². The Morgan fingerprint density at radius 3 is 2.20 bits per heavy atom. The van der Waals surface area contributed by atoms with Crippen LogP contribution in [-0.2, 0) is 21.1 Å². The molecule has 0 aliphatic carbocycles. The highest BCUT2D eigenvalue weighted by molar-refractivity contribution is 5.88. The molecule has 30 heavy (non-hydrogen) atoms. The highest BCUT2D eigenvalue weighted by Crippen LogP contribution is 2.37. The number of alkyl halides is 3. The lowest BCUT2D eigenvalue weighted by Crippen LogP contribution is -2.56. The second kappa shape index (κ2) is 8.30. The Bertz CT molecular complexity index is 872. The van der Waals surface area contributed by atoms with Crippen LogP contribution < -0.4 is 4.90 Å². The summed E-state index contributed by atoms with van der Waals surface area (Å²) in [6, 6.07) is 15.2. The molecule has 2 aromatic rings. The Hall–Kier alpha value is -2.54. The van der Waals surface area contributed by atoms with Crippen molar-refractivity contribution in [1.82, 2.24) is 4.90 Å². The lowest BCUT2D eigenvalue weighted by molar-refractivity contribution is -0.141. The zero-order valence-electron chi connectivity index (χ0n) is 16.7. The molecule has 0 spiro atoms. The van der Waals surface area contributed by atoms with E-state index >= 15 is 0 Å². The first-order valence-electron chi connectivity index (χ1n) is 10.2. The van der Waals surface area contributed by atoms with Crippen molar-refractivity contribution in [2.45, 2.75) is 24.4 Å². The van der Waals surface area contributed by atoms with E-state index in [9.17, 15) is 18.0 Å². The maximum absolute atomic E-state index is 13.6. The van der Waals surface area contributed by atoms with Crippen molar-refractivity contribution in [3.63, 3.8) is 0 Å². The molecule has 160 valence electrons. The molecule has 2 fully saturated rings. The number of carbonyl (C=O) groups excluding carboxylic acids is 1. The van der Waals surface area contributed by atoms with Crippen molar-refractivity contribution in [1.29, 1.82) is 0 Å². The number of halogens is 3. The Morgan fingerprint density at radius 2 is 1.57 bits per heavy atom. The molecule has 0 radical (unpaired) electrons. The number of carbonyl (C=O) groups is 1. The van der Waals surface area contributed by atoms with Crippen molar-refractivity contribution >= 4 is 11.6 Å². The van der Waals surface area contributed by atoms with E-state index < -0.39 is 17.2 Å². The summed E-state index contributed by atoms with van der Waals surface area (Å²) in [7, 11) is 0. The van der Waals surface area contributed by atoms with E-state index in [1.54, 1.807) is 6.07 Å². The van der Waals surface area contributed by atoms with Gasteiger partial charge in [0.2, 0.25) is 5.91 Å². The average molecular weight is 418 g/mol. The molecule has 7 heteroatoms. The van der Waals surface area contributed by atoms with Gasteiger partial charge in [-0.3, -0.25) is 4.79 Å². The third-order valence-electron chi connectivity index (χ3n) is 6.19. The summed E-state index contributed by atoms with van der Waals surface area (Å²) in [5.41, 5.74) is 0.320. The van der Waals surface area contributed by atoms with Crippen molar-refractivity contribution in [2.24, 2.45) is 0 Å². The fourth-order valence-electron chi connectivity index (χ4n) is 4.45. The molecule has 0 unspecified atom stereocenters. The molecule has 2 heterocycles. The fraction of sp³-hybridized carbons (Fsp3) is 0.435. The molecule has 2 aliphatic rings. The van der Waals surface area contributed by atoms with Crippen LogP contribution in [0, 0.1) is 0 Å². The number of benzene rings is 2. The van der Waals surface area contributed by atoms with Gasteiger partial charge in [0.1, 0.15) is 0 Å².